The molecular weight excluding hydrogens is 460 g/mol. The van der Waals surface area contributed by atoms with Crippen molar-refractivity contribution in [2.24, 2.45) is 0 Å². The predicted molar refractivity (Wildman–Crippen MR) is 121 cm³/mol. The van der Waals surface area contributed by atoms with Gasteiger partial charge < -0.3 is 14.8 Å². The molecule has 3 rings (SSSR count). The van der Waals surface area contributed by atoms with Crippen LogP contribution in [0.1, 0.15) is 15.9 Å². The van der Waals surface area contributed by atoms with Crippen molar-refractivity contribution in [2.45, 2.75) is 0 Å². The second-order valence-corrected chi connectivity index (χ2v) is 7.21. The third-order valence-corrected chi connectivity index (χ3v) is 4.69. The highest BCUT2D eigenvalue weighted by atomic mass is 79.9. The van der Waals surface area contributed by atoms with E-state index in [-0.39, 0.29) is 11.3 Å². The molecule has 3 aromatic rings. The summed E-state index contributed by atoms with van der Waals surface area (Å²) in [4.78, 5) is 25.1. The fourth-order valence-corrected chi connectivity index (χ4v) is 3.01. The number of ether oxygens (including phenoxy) is 2. The Morgan fingerprint density at radius 3 is 2.39 bits per heavy atom. The maximum absolute atomic E-state index is 12.5. The molecule has 0 saturated carbocycles. The Morgan fingerprint density at radius 2 is 1.74 bits per heavy atom. The Morgan fingerprint density at radius 1 is 1.03 bits per heavy atom. The first kappa shape index (κ1) is 21.8. The quantitative estimate of drug-likeness (QED) is 0.228. The Kier molecular flexibility index (Phi) is 7.20. The number of nitrogens with one attached hydrogen (secondary N) is 1. The molecule has 0 unspecified atom stereocenters. The zero-order valence-corrected chi connectivity index (χ0v) is 18.0. The van der Waals surface area contributed by atoms with E-state index in [4.69, 9.17) is 9.47 Å². The lowest BCUT2D eigenvalue weighted by Crippen LogP contribution is -2.13. The van der Waals surface area contributed by atoms with E-state index in [0.29, 0.717) is 27.0 Å². The van der Waals surface area contributed by atoms with Gasteiger partial charge in [0.25, 0.3) is 5.91 Å². The molecule has 0 atom stereocenters. The molecule has 154 valence electrons. The Labute approximate surface area is 187 Å². The van der Waals surface area contributed by atoms with E-state index in [1.807, 2.05) is 12.1 Å². The number of rotatable bonds is 6. The standard InChI is InChI=1S/C24H17BrN2O4/c1-30-21-10-7-16(8-11-21)24(29)31-22-12-9-19(25)14-17(22)13-18(15-26)23(28)27-20-5-3-2-4-6-20/h2-14H,1H3,(H,27,28)/b18-13+. The summed E-state index contributed by atoms with van der Waals surface area (Å²) in [7, 11) is 1.54. The molecule has 0 heterocycles. The van der Waals surface area contributed by atoms with Gasteiger partial charge in [0.2, 0.25) is 0 Å². The summed E-state index contributed by atoms with van der Waals surface area (Å²) in [5.74, 6) is -0.316. The van der Waals surface area contributed by atoms with Crippen LogP contribution in [-0.2, 0) is 4.79 Å². The van der Waals surface area contributed by atoms with Crippen LogP contribution in [0.4, 0.5) is 5.69 Å². The van der Waals surface area contributed by atoms with Crippen molar-refractivity contribution >= 4 is 39.6 Å². The lowest BCUT2D eigenvalue weighted by molar-refractivity contribution is -0.112. The first-order valence-corrected chi connectivity index (χ1v) is 9.93. The van der Waals surface area contributed by atoms with Gasteiger partial charge in [0, 0.05) is 15.7 Å². The lowest BCUT2D eigenvalue weighted by Gasteiger charge is -2.10. The van der Waals surface area contributed by atoms with Crippen molar-refractivity contribution < 1.29 is 19.1 Å². The number of hydrogen-bond acceptors (Lipinski definition) is 5. The predicted octanol–water partition coefficient (Wildman–Crippen LogP) is 5.22. The van der Waals surface area contributed by atoms with Gasteiger partial charge in [-0.05, 0) is 60.7 Å². The molecule has 0 bridgehead atoms. The second kappa shape index (κ2) is 10.2. The topological polar surface area (TPSA) is 88.4 Å². The highest BCUT2D eigenvalue weighted by Crippen LogP contribution is 2.27. The highest BCUT2D eigenvalue weighted by Gasteiger charge is 2.15. The summed E-state index contributed by atoms with van der Waals surface area (Å²) >= 11 is 3.36. The number of esters is 1. The molecule has 0 fully saturated rings. The number of amides is 1. The molecule has 1 amide bonds. The van der Waals surface area contributed by atoms with Crippen LogP contribution in [-0.4, -0.2) is 19.0 Å². The minimum absolute atomic E-state index is 0.135. The van der Waals surface area contributed by atoms with E-state index in [1.165, 1.54) is 13.2 Å². The molecule has 3 aromatic carbocycles. The molecule has 6 nitrogen and oxygen atoms in total. The largest absolute Gasteiger partial charge is 0.497 e. The first-order valence-electron chi connectivity index (χ1n) is 9.14. The summed E-state index contributed by atoms with van der Waals surface area (Å²) in [5, 5.41) is 12.2. The van der Waals surface area contributed by atoms with Crippen LogP contribution in [0.3, 0.4) is 0 Å². The average Bonchev–Trinajstić information content (AvgIpc) is 2.79. The van der Waals surface area contributed by atoms with Gasteiger partial charge in [-0.15, -0.1) is 0 Å². The minimum atomic E-state index is -0.577. The van der Waals surface area contributed by atoms with Gasteiger partial charge in [0.15, 0.2) is 0 Å². The number of nitrogens with zero attached hydrogens (tertiary/aromatic N) is 1. The molecule has 0 aliphatic carbocycles. The van der Waals surface area contributed by atoms with E-state index in [9.17, 15) is 14.9 Å². The third kappa shape index (κ3) is 5.81. The van der Waals surface area contributed by atoms with Crippen molar-refractivity contribution in [2.75, 3.05) is 12.4 Å². The van der Waals surface area contributed by atoms with Crippen LogP contribution in [0.25, 0.3) is 6.08 Å². The van der Waals surface area contributed by atoms with Gasteiger partial charge in [-0.2, -0.15) is 5.26 Å². The van der Waals surface area contributed by atoms with Crippen LogP contribution in [0.5, 0.6) is 11.5 Å². The fraction of sp³-hybridized carbons (Fsp3) is 0.0417. The molecule has 0 radical (unpaired) electrons. The molecule has 7 heteroatoms. The van der Waals surface area contributed by atoms with Gasteiger partial charge >= 0.3 is 5.97 Å². The summed E-state index contributed by atoms with van der Waals surface area (Å²) in [6.07, 6.45) is 1.37. The van der Waals surface area contributed by atoms with Gasteiger partial charge in [0.05, 0.1) is 12.7 Å². The molecular formula is C24H17BrN2O4. The van der Waals surface area contributed by atoms with Crippen LogP contribution in [0.2, 0.25) is 0 Å². The van der Waals surface area contributed by atoms with Crippen LogP contribution in [0, 0.1) is 11.3 Å². The van der Waals surface area contributed by atoms with E-state index in [1.54, 1.807) is 66.7 Å². The highest BCUT2D eigenvalue weighted by molar-refractivity contribution is 9.10. The number of para-hydroxylation sites is 1. The summed E-state index contributed by atoms with van der Waals surface area (Å²) in [5.41, 5.74) is 1.16. The number of carbonyl (C=O) groups excluding carboxylic acids is 2. The summed E-state index contributed by atoms with van der Waals surface area (Å²) in [6, 6.07) is 22.1. The van der Waals surface area contributed by atoms with Crippen molar-refractivity contribution in [1.82, 2.24) is 0 Å². The third-order valence-electron chi connectivity index (χ3n) is 4.20. The molecule has 0 aliphatic rings. The van der Waals surface area contributed by atoms with Crippen molar-refractivity contribution in [1.29, 1.82) is 5.26 Å². The van der Waals surface area contributed by atoms with Crippen molar-refractivity contribution in [3.05, 3.63) is 94.0 Å². The van der Waals surface area contributed by atoms with E-state index < -0.39 is 11.9 Å². The maximum atomic E-state index is 12.5. The summed E-state index contributed by atoms with van der Waals surface area (Å²) in [6.45, 7) is 0. The maximum Gasteiger partial charge on any atom is 0.343 e. The fourth-order valence-electron chi connectivity index (χ4n) is 2.63. The number of halogens is 1. The molecule has 0 saturated heterocycles. The monoisotopic (exact) mass is 476 g/mol. The molecule has 0 aliphatic heterocycles. The minimum Gasteiger partial charge on any atom is -0.497 e. The number of anilines is 1. The normalized spacial score (nSPS) is 10.7. The number of methoxy groups -OCH3 is 1. The van der Waals surface area contributed by atoms with Crippen LogP contribution < -0.4 is 14.8 Å². The average molecular weight is 477 g/mol. The van der Waals surface area contributed by atoms with Gasteiger partial charge in [0.1, 0.15) is 23.1 Å². The van der Waals surface area contributed by atoms with Gasteiger partial charge in [-0.3, -0.25) is 4.79 Å². The zero-order chi connectivity index (χ0) is 22.2. The first-order chi connectivity index (χ1) is 15.0. The van der Waals surface area contributed by atoms with Crippen LogP contribution >= 0.6 is 15.9 Å². The number of nitriles is 1. The zero-order valence-electron chi connectivity index (χ0n) is 16.5. The lowest BCUT2D eigenvalue weighted by atomic mass is 10.1. The Bertz CT molecular complexity index is 1170. The molecule has 31 heavy (non-hydrogen) atoms. The number of carbonyl (C=O) groups is 2. The van der Waals surface area contributed by atoms with E-state index in [0.717, 1.165) is 0 Å². The Balaban J connectivity index is 1.86. The molecule has 0 aromatic heterocycles. The smallest absolute Gasteiger partial charge is 0.343 e. The van der Waals surface area contributed by atoms with Crippen molar-refractivity contribution in [3.63, 3.8) is 0 Å². The molecule has 0 spiro atoms. The van der Waals surface area contributed by atoms with Crippen molar-refractivity contribution in [3.8, 4) is 17.6 Å². The van der Waals surface area contributed by atoms with E-state index in [2.05, 4.69) is 21.2 Å². The SMILES string of the molecule is COc1ccc(C(=O)Oc2ccc(Br)cc2/C=C(\C#N)C(=O)Nc2ccccc2)cc1. The van der Waals surface area contributed by atoms with Gasteiger partial charge in [-0.25, -0.2) is 4.79 Å². The van der Waals surface area contributed by atoms with Gasteiger partial charge in [-0.1, -0.05) is 34.1 Å². The Hall–Kier alpha value is -3.89. The molecule has 1 N–H and O–H groups in total. The second-order valence-electron chi connectivity index (χ2n) is 6.29. The van der Waals surface area contributed by atoms with E-state index >= 15 is 0 Å². The summed E-state index contributed by atoms with van der Waals surface area (Å²) < 4.78 is 11.3. The number of benzene rings is 3. The van der Waals surface area contributed by atoms with Crippen LogP contribution in [0.15, 0.2) is 82.8 Å². The number of hydrogen-bond donors (Lipinski definition) is 1.